The minimum absolute atomic E-state index is 0.0662. The van der Waals surface area contributed by atoms with Crippen molar-refractivity contribution >= 4 is 5.97 Å². The van der Waals surface area contributed by atoms with E-state index in [4.69, 9.17) is 0 Å². The van der Waals surface area contributed by atoms with Crippen LogP contribution in [0.1, 0.15) is 129 Å². The first-order chi connectivity index (χ1) is 14.0. The highest BCUT2D eigenvalue weighted by atomic mass is 16.5. The molecule has 0 aliphatic carbocycles. The molecule has 0 fully saturated rings. The molecule has 0 aliphatic rings. The van der Waals surface area contributed by atoms with Crippen molar-refractivity contribution in [1.82, 2.24) is 0 Å². The highest BCUT2D eigenvalue weighted by molar-refractivity contribution is 5.68. The van der Waals surface area contributed by atoms with Crippen LogP contribution in [0, 0.1) is 0 Å². The van der Waals surface area contributed by atoms with Crippen LogP contribution in [0.2, 0.25) is 0 Å². The van der Waals surface area contributed by atoms with E-state index in [1.54, 1.807) is 0 Å². The molecule has 0 rings (SSSR count). The first kappa shape index (κ1) is 28.4. The highest BCUT2D eigenvalue weighted by Gasteiger charge is 2.13. The molecular formula is C26H54NO2+. The molecule has 0 amide bonds. The summed E-state index contributed by atoms with van der Waals surface area (Å²) >= 11 is 0. The lowest BCUT2D eigenvalue weighted by Crippen LogP contribution is -2.41. The summed E-state index contributed by atoms with van der Waals surface area (Å²) < 4.78 is 5.87. The largest absolute Gasteiger partial charge is 0.469 e. The molecule has 0 N–H and O–H groups in total. The number of methoxy groups -OCH3 is 1. The van der Waals surface area contributed by atoms with Gasteiger partial charge >= 0.3 is 5.97 Å². The van der Waals surface area contributed by atoms with E-state index in [0.717, 1.165) is 12.8 Å². The summed E-state index contributed by atoms with van der Waals surface area (Å²) in [6.07, 6.45) is 25.1. The maximum Gasteiger partial charge on any atom is 0.305 e. The molecule has 174 valence electrons. The highest BCUT2D eigenvalue weighted by Crippen LogP contribution is 2.14. The van der Waals surface area contributed by atoms with Crippen molar-refractivity contribution in [3.8, 4) is 0 Å². The van der Waals surface area contributed by atoms with E-state index in [1.165, 1.54) is 127 Å². The van der Waals surface area contributed by atoms with E-state index in [2.05, 4.69) is 25.8 Å². The summed E-state index contributed by atoms with van der Waals surface area (Å²) in [7, 11) is 6.30. The maximum atomic E-state index is 11.0. The lowest BCUT2D eigenvalue weighted by Gasteiger charge is -2.30. The van der Waals surface area contributed by atoms with Gasteiger partial charge in [-0.2, -0.15) is 0 Å². The lowest BCUT2D eigenvalue weighted by molar-refractivity contribution is -0.890. The third-order valence-corrected chi connectivity index (χ3v) is 6.24. The van der Waals surface area contributed by atoms with Gasteiger partial charge in [0.15, 0.2) is 0 Å². The van der Waals surface area contributed by atoms with E-state index >= 15 is 0 Å². The molecular weight excluding hydrogens is 358 g/mol. The molecule has 0 atom stereocenters. The number of unbranched alkanes of at least 4 members (excludes halogenated alkanes) is 16. The maximum absolute atomic E-state index is 11.0. The van der Waals surface area contributed by atoms with Gasteiger partial charge in [-0.05, 0) is 32.1 Å². The Bertz CT molecular complexity index is 355. The normalized spacial score (nSPS) is 11.7. The molecule has 0 aromatic heterocycles. The van der Waals surface area contributed by atoms with Crippen molar-refractivity contribution in [2.24, 2.45) is 0 Å². The van der Waals surface area contributed by atoms with Crippen molar-refractivity contribution in [2.45, 2.75) is 129 Å². The van der Waals surface area contributed by atoms with E-state index in [-0.39, 0.29) is 5.97 Å². The van der Waals surface area contributed by atoms with E-state index in [0.29, 0.717) is 6.42 Å². The number of ether oxygens (including phenoxy) is 1. The van der Waals surface area contributed by atoms with Crippen molar-refractivity contribution in [3.63, 3.8) is 0 Å². The van der Waals surface area contributed by atoms with Crippen LogP contribution in [-0.4, -0.2) is 44.7 Å². The predicted molar refractivity (Wildman–Crippen MR) is 127 cm³/mol. The molecule has 3 nitrogen and oxygen atoms in total. The third kappa shape index (κ3) is 21.9. The second kappa shape index (κ2) is 20.7. The van der Waals surface area contributed by atoms with Crippen LogP contribution in [0.25, 0.3) is 0 Å². The van der Waals surface area contributed by atoms with Gasteiger partial charge in [-0.25, -0.2) is 0 Å². The Morgan fingerprint density at radius 2 is 0.931 bits per heavy atom. The standard InChI is InChI=1S/C26H54NO2/c1-5-6-7-8-9-10-12-15-18-21-24-27(2,3)25-22-19-16-13-11-14-17-20-23-26(28)29-4/h5-25H2,1-4H3/q+1. The van der Waals surface area contributed by atoms with E-state index < -0.39 is 0 Å². The van der Waals surface area contributed by atoms with Crippen molar-refractivity contribution in [2.75, 3.05) is 34.3 Å². The van der Waals surface area contributed by atoms with Crippen LogP contribution in [0.3, 0.4) is 0 Å². The molecule has 0 aliphatic heterocycles. The molecule has 3 heteroatoms. The van der Waals surface area contributed by atoms with Gasteiger partial charge in [0.05, 0.1) is 34.3 Å². The molecule has 0 bridgehead atoms. The van der Waals surface area contributed by atoms with Crippen LogP contribution in [0.5, 0.6) is 0 Å². The fourth-order valence-corrected chi connectivity index (χ4v) is 4.11. The second-order valence-corrected chi connectivity index (χ2v) is 9.72. The van der Waals surface area contributed by atoms with Gasteiger partial charge in [0, 0.05) is 6.42 Å². The molecule has 0 aromatic carbocycles. The number of esters is 1. The fourth-order valence-electron chi connectivity index (χ4n) is 4.11. The number of hydrogen-bond acceptors (Lipinski definition) is 2. The van der Waals surface area contributed by atoms with Gasteiger partial charge < -0.3 is 9.22 Å². The van der Waals surface area contributed by atoms with Crippen LogP contribution < -0.4 is 0 Å². The van der Waals surface area contributed by atoms with Crippen LogP contribution in [0.15, 0.2) is 0 Å². The molecule has 0 saturated heterocycles. The summed E-state index contributed by atoms with van der Waals surface area (Å²) in [5.41, 5.74) is 0. The van der Waals surface area contributed by atoms with Gasteiger partial charge in [0.25, 0.3) is 0 Å². The third-order valence-electron chi connectivity index (χ3n) is 6.24. The van der Waals surface area contributed by atoms with Crippen LogP contribution in [-0.2, 0) is 9.53 Å². The van der Waals surface area contributed by atoms with Gasteiger partial charge in [0.2, 0.25) is 0 Å². The average Bonchev–Trinajstić information content (AvgIpc) is 2.70. The quantitative estimate of drug-likeness (QED) is 0.104. The molecule has 0 unspecified atom stereocenters. The van der Waals surface area contributed by atoms with Crippen molar-refractivity contribution in [1.29, 1.82) is 0 Å². The summed E-state index contributed by atoms with van der Waals surface area (Å²) in [5, 5.41) is 0. The SMILES string of the molecule is CCCCCCCCCCCC[N+](C)(C)CCCCCCCCCCC(=O)OC. The number of carbonyl (C=O) groups excluding carboxylic acids is 1. The summed E-state index contributed by atoms with van der Waals surface area (Å²) in [6, 6.07) is 0. The summed E-state index contributed by atoms with van der Waals surface area (Å²) in [5.74, 6) is -0.0662. The number of rotatable bonds is 22. The Hall–Kier alpha value is -0.570. The Kier molecular flexibility index (Phi) is 20.3. The van der Waals surface area contributed by atoms with Crippen molar-refractivity contribution in [3.05, 3.63) is 0 Å². The molecule has 0 radical (unpaired) electrons. The molecule has 29 heavy (non-hydrogen) atoms. The first-order valence-electron chi connectivity index (χ1n) is 12.9. The molecule has 0 spiro atoms. The number of hydrogen-bond donors (Lipinski definition) is 0. The summed E-state index contributed by atoms with van der Waals surface area (Å²) in [6.45, 7) is 4.97. The van der Waals surface area contributed by atoms with E-state index in [9.17, 15) is 4.79 Å². The van der Waals surface area contributed by atoms with Gasteiger partial charge in [-0.3, -0.25) is 4.79 Å². The second-order valence-electron chi connectivity index (χ2n) is 9.72. The van der Waals surface area contributed by atoms with Gasteiger partial charge in [-0.1, -0.05) is 90.4 Å². The Balaban J connectivity index is 3.35. The minimum Gasteiger partial charge on any atom is -0.469 e. The summed E-state index contributed by atoms with van der Waals surface area (Å²) in [4.78, 5) is 11.0. The average molecular weight is 413 g/mol. The number of nitrogens with zero attached hydrogens (tertiary/aromatic N) is 1. The minimum atomic E-state index is -0.0662. The zero-order chi connectivity index (χ0) is 21.6. The zero-order valence-corrected chi connectivity index (χ0v) is 20.6. The molecule has 0 heterocycles. The Morgan fingerprint density at radius 1 is 0.586 bits per heavy atom. The van der Waals surface area contributed by atoms with Gasteiger partial charge in [0.1, 0.15) is 0 Å². The predicted octanol–water partition coefficient (Wildman–Crippen LogP) is 7.67. The smallest absolute Gasteiger partial charge is 0.305 e. The molecule has 0 saturated carbocycles. The zero-order valence-electron chi connectivity index (χ0n) is 20.6. The fraction of sp³-hybridized carbons (Fsp3) is 0.962. The van der Waals surface area contributed by atoms with Crippen LogP contribution in [0.4, 0.5) is 0 Å². The Labute approximate surface area is 183 Å². The Morgan fingerprint density at radius 3 is 1.31 bits per heavy atom. The molecule has 0 aromatic rings. The van der Waals surface area contributed by atoms with E-state index in [1.807, 2.05) is 0 Å². The van der Waals surface area contributed by atoms with Crippen molar-refractivity contribution < 1.29 is 14.0 Å². The number of carbonyl (C=O) groups is 1. The lowest BCUT2D eigenvalue weighted by atomic mass is 10.1. The van der Waals surface area contributed by atoms with Gasteiger partial charge in [-0.15, -0.1) is 0 Å². The first-order valence-corrected chi connectivity index (χ1v) is 12.9. The topological polar surface area (TPSA) is 26.3 Å². The van der Waals surface area contributed by atoms with Crippen LogP contribution >= 0.6 is 0 Å². The monoisotopic (exact) mass is 412 g/mol. The number of quaternary nitrogens is 1.